The van der Waals surface area contributed by atoms with Crippen molar-refractivity contribution in [2.75, 3.05) is 47.0 Å². The third kappa shape index (κ3) is 6.03. The van der Waals surface area contributed by atoms with Crippen LogP contribution in [-0.4, -0.2) is 72.3 Å². The molecule has 1 atom stereocenters. The topological polar surface area (TPSA) is 97.0 Å². The normalized spacial score (nSPS) is 17.0. The summed E-state index contributed by atoms with van der Waals surface area (Å²) in [5.41, 5.74) is 0.584. The van der Waals surface area contributed by atoms with E-state index in [1.165, 1.54) is 26.3 Å². The van der Waals surface area contributed by atoms with E-state index in [1.54, 1.807) is 18.2 Å². The van der Waals surface area contributed by atoms with Crippen LogP contribution in [0.5, 0.6) is 5.75 Å². The molecule has 0 aliphatic carbocycles. The van der Waals surface area contributed by atoms with Gasteiger partial charge in [0.05, 0.1) is 20.3 Å². The summed E-state index contributed by atoms with van der Waals surface area (Å²) < 4.78 is 36.9. The van der Waals surface area contributed by atoms with Crippen molar-refractivity contribution in [2.45, 2.75) is 17.9 Å². The van der Waals surface area contributed by atoms with Gasteiger partial charge in [-0.15, -0.1) is 0 Å². The molecule has 1 aromatic carbocycles. The summed E-state index contributed by atoms with van der Waals surface area (Å²) in [5.74, 6) is 0.00855. The third-order valence-electron chi connectivity index (χ3n) is 4.41. The second-order valence-corrected chi connectivity index (χ2v) is 8.05. The molecule has 1 fully saturated rings. The van der Waals surface area contributed by atoms with Crippen molar-refractivity contribution in [3.8, 4) is 5.75 Å². The van der Waals surface area contributed by atoms with Crippen molar-refractivity contribution >= 4 is 22.0 Å². The van der Waals surface area contributed by atoms with Gasteiger partial charge in [-0.05, 0) is 37.7 Å². The average Bonchev–Trinajstić information content (AvgIpc) is 2.70. The van der Waals surface area contributed by atoms with Crippen LogP contribution in [0.4, 0.5) is 0 Å². The SMILES string of the molecule is CNS(=O)(=O)c1cc(/C=C/C(=O)NCC(C)N2CCOCC2)ccc1OC. The number of rotatable bonds is 8. The van der Waals surface area contributed by atoms with E-state index in [0.717, 1.165) is 13.1 Å². The molecular formula is C18H27N3O5S. The fraction of sp³-hybridized carbons (Fsp3) is 0.500. The fourth-order valence-corrected chi connectivity index (χ4v) is 3.67. The molecule has 9 heteroatoms. The molecule has 2 rings (SSSR count). The van der Waals surface area contributed by atoms with Gasteiger partial charge in [-0.1, -0.05) is 6.07 Å². The van der Waals surface area contributed by atoms with Crippen molar-refractivity contribution < 1.29 is 22.7 Å². The van der Waals surface area contributed by atoms with Gasteiger partial charge in [0.2, 0.25) is 15.9 Å². The highest BCUT2D eigenvalue weighted by molar-refractivity contribution is 7.89. The molecule has 1 heterocycles. The molecule has 0 bridgehead atoms. The van der Waals surface area contributed by atoms with Gasteiger partial charge in [0.1, 0.15) is 10.6 Å². The average molecular weight is 397 g/mol. The van der Waals surface area contributed by atoms with Gasteiger partial charge >= 0.3 is 0 Å². The van der Waals surface area contributed by atoms with Crippen LogP contribution < -0.4 is 14.8 Å². The van der Waals surface area contributed by atoms with Crippen molar-refractivity contribution in [3.05, 3.63) is 29.8 Å². The molecule has 0 saturated carbocycles. The van der Waals surface area contributed by atoms with E-state index in [-0.39, 0.29) is 22.6 Å². The van der Waals surface area contributed by atoms with Gasteiger partial charge in [0.25, 0.3) is 0 Å². The Morgan fingerprint density at radius 1 is 1.37 bits per heavy atom. The zero-order valence-electron chi connectivity index (χ0n) is 15.9. The summed E-state index contributed by atoms with van der Waals surface area (Å²) in [4.78, 5) is 14.4. The molecule has 0 aromatic heterocycles. The Bertz CT molecular complexity index is 773. The van der Waals surface area contributed by atoms with Gasteiger partial charge in [-0.3, -0.25) is 9.69 Å². The smallest absolute Gasteiger partial charge is 0.244 e. The first-order valence-electron chi connectivity index (χ1n) is 8.76. The first kappa shape index (κ1) is 21.4. The monoisotopic (exact) mass is 397 g/mol. The molecule has 150 valence electrons. The Morgan fingerprint density at radius 3 is 2.70 bits per heavy atom. The van der Waals surface area contributed by atoms with Crippen LogP contribution in [-0.2, 0) is 19.6 Å². The van der Waals surface area contributed by atoms with E-state index in [1.807, 2.05) is 0 Å². The minimum absolute atomic E-state index is 0.0241. The Balaban J connectivity index is 1.98. The Kier molecular flexibility index (Phi) is 7.78. The number of morpholine rings is 1. The number of nitrogens with zero attached hydrogens (tertiary/aromatic N) is 1. The number of nitrogens with one attached hydrogen (secondary N) is 2. The molecule has 2 N–H and O–H groups in total. The highest BCUT2D eigenvalue weighted by atomic mass is 32.2. The number of carbonyl (C=O) groups excluding carboxylic acids is 1. The first-order chi connectivity index (χ1) is 12.9. The van der Waals surface area contributed by atoms with Crippen LogP contribution in [0.15, 0.2) is 29.2 Å². The maximum absolute atomic E-state index is 12.1. The molecular weight excluding hydrogens is 370 g/mol. The van der Waals surface area contributed by atoms with Crippen LogP contribution in [0.25, 0.3) is 6.08 Å². The molecule has 27 heavy (non-hydrogen) atoms. The molecule has 1 unspecified atom stereocenters. The predicted octanol–water partition coefficient (Wildman–Crippen LogP) is 0.453. The van der Waals surface area contributed by atoms with Crippen LogP contribution in [0, 0.1) is 0 Å². The van der Waals surface area contributed by atoms with E-state index in [4.69, 9.17) is 9.47 Å². The predicted molar refractivity (Wildman–Crippen MR) is 103 cm³/mol. The van der Waals surface area contributed by atoms with Crippen LogP contribution in [0.3, 0.4) is 0 Å². The largest absolute Gasteiger partial charge is 0.495 e. The first-order valence-corrected chi connectivity index (χ1v) is 10.2. The standard InChI is InChI=1S/C18H27N3O5S/c1-14(21-8-10-26-11-9-21)13-20-18(22)7-5-15-4-6-16(25-3)17(12-15)27(23,24)19-2/h4-7,12,14,19H,8-11,13H2,1-3H3,(H,20,22)/b7-5+. The van der Waals surface area contributed by atoms with Gasteiger partial charge in [0, 0.05) is 31.8 Å². The summed E-state index contributed by atoms with van der Waals surface area (Å²) in [6, 6.07) is 4.93. The number of amides is 1. The Labute approximate surface area is 160 Å². The van der Waals surface area contributed by atoms with Gasteiger partial charge in [-0.2, -0.15) is 0 Å². The molecule has 8 nitrogen and oxygen atoms in total. The van der Waals surface area contributed by atoms with Crippen LogP contribution in [0.1, 0.15) is 12.5 Å². The van der Waals surface area contributed by atoms with Crippen molar-refractivity contribution in [2.24, 2.45) is 0 Å². The van der Waals surface area contributed by atoms with Crippen molar-refractivity contribution in [1.82, 2.24) is 14.9 Å². The second-order valence-electron chi connectivity index (χ2n) is 6.19. The second kappa shape index (κ2) is 9.84. The zero-order valence-corrected chi connectivity index (χ0v) is 16.7. The number of methoxy groups -OCH3 is 1. The van der Waals surface area contributed by atoms with E-state index in [0.29, 0.717) is 25.3 Å². The number of hydrogen-bond acceptors (Lipinski definition) is 6. The third-order valence-corrected chi connectivity index (χ3v) is 5.85. The number of sulfonamides is 1. The lowest BCUT2D eigenvalue weighted by molar-refractivity contribution is -0.116. The maximum atomic E-state index is 12.1. The van der Waals surface area contributed by atoms with Crippen molar-refractivity contribution in [1.29, 1.82) is 0 Å². The van der Waals surface area contributed by atoms with E-state index in [9.17, 15) is 13.2 Å². The number of benzene rings is 1. The van der Waals surface area contributed by atoms with E-state index >= 15 is 0 Å². The summed E-state index contributed by atoms with van der Waals surface area (Å²) >= 11 is 0. The van der Waals surface area contributed by atoms with E-state index in [2.05, 4.69) is 21.9 Å². The van der Waals surface area contributed by atoms with Crippen molar-refractivity contribution in [3.63, 3.8) is 0 Å². The minimum atomic E-state index is -3.66. The van der Waals surface area contributed by atoms with E-state index < -0.39 is 10.0 Å². The van der Waals surface area contributed by atoms with Gasteiger partial charge in [0.15, 0.2) is 0 Å². The molecule has 1 amide bonds. The van der Waals surface area contributed by atoms with Crippen LogP contribution in [0.2, 0.25) is 0 Å². The number of hydrogen-bond donors (Lipinski definition) is 2. The van der Waals surface area contributed by atoms with Crippen LogP contribution >= 0.6 is 0 Å². The van der Waals surface area contributed by atoms with Gasteiger partial charge < -0.3 is 14.8 Å². The molecule has 1 aliphatic rings. The Hall–Kier alpha value is -1.94. The summed E-state index contributed by atoms with van der Waals surface area (Å²) in [6.07, 6.45) is 2.96. The maximum Gasteiger partial charge on any atom is 0.244 e. The number of carbonyl (C=O) groups is 1. The minimum Gasteiger partial charge on any atom is -0.495 e. The number of ether oxygens (including phenoxy) is 2. The lowest BCUT2D eigenvalue weighted by Crippen LogP contribution is -2.47. The fourth-order valence-electron chi connectivity index (χ4n) is 2.74. The summed E-state index contributed by atoms with van der Waals surface area (Å²) in [7, 11) is -0.922. The molecule has 0 radical (unpaired) electrons. The lowest BCUT2D eigenvalue weighted by Gasteiger charge is -2.32. The summed E-state index contributed by atoms with van der Waals surface area (Å²) in [5, 5.41) is 2.87. The molecule has 1 aromatic rings. The summed E-state index contributed by atoms with van der Waals surface area (Å²) in [6.45, 7) is 5.75. The highest BCUT2D eigenvalue weighted by Crippen LogP contribution is 2.25. The molecule has 1 saturated heterocycles. The lowest BCUT2D eigenvalue weighted by atomic mass is 10.2. The molecule has 0 spiro atoms. The van der Waals surface area contributed by atoms with Gasteiger partial charge in [-0.25, -0.2) is 13.1 Å². The Morgan fingerprint density at radius 2 is 2.07 bits per heavy atom. The quantitative estimate of drug-likeness (QED) is 0.619. The molecule has 1 aliphatic heterocycles. The zero-order chi connectivity index (χ0) is 19.9. The highest BCUT2D eigenvalue weighted by Gasteiger charge is 2.18.